The molecule has 0 spiro atoms. The van der Waals surface area contributed by atoms with Crippen molar-refractivity contribution >= 4 is 33.8 Å². The lowest BCUT2D eigenvalue weighted by molar-refractivity contribution is -0.0988. The zero-order valence-electron chi connectivity index (χ0n) is 14.5. The van der Waals surface area contributed by atoms with Crippen LogP contribution in [-0.4, -0.2) is 22.5 Å². The molecule has 0 unspecified atom stereocenters. The molecule has 4 aromatic rings. The average Bonchev–Trinajstić information content (AvgIpc) is 2.72. The van der Waals surface area contributed by atoms with E-state index in [0.29, 0.717) is 22.4 Å². The fraction of sp³-hybridized carbons (Fsp3) is 0. The number of carboxylic acids is 1. The number of aromatic hydroxyl groups is 1. The highest BCUT2D eigenvalue weighted by molar-refractivity contribution is 6.07. The molecule has 4 aromatic carbocycles. The van der Waals surface area contributed by atoms with E-state index in [9.17, 15) is 19.8 Å². The number of phenols is 1. The second-order valence-corrected chi connectivity index (χ2v) is 6.11. The standard InChI is InChI=1S/C22H14O6/c23-12-14-10-9-13-5-1-2-6-15(13)20(14)27-28-21-17-8-4-3-7-16(17)18(22(25)26)11-19(21)24/h1-12,24H,(H,25,26). The van der Waals surface area contributed by atoms with Gasteiger partial charge in [-0.3, -0.25) is 14.6 Å². The van der Waals surface area contributed by atoms with Crippen molar-refractivity contribution in [3.8, 4) is 17.2 Å². The van der Waals surface area contributed by atoms with Crippen LogP contribution in [0, 0.1) is 0 Å². The van der Waals surface area contributed by atoms with Crippen LogP contribution in [0.3, 0.4) is 0 Å². The van der Waals surface area contributed by atoms with E-state index < -0.39 is 5.97 Å². The SMILES string of the molecule is O=Cc1ccc2ccccc2c1OOc1c(O)cc(C(=O)O)c2ccccc12. The van der Waals surface area contributed by atoms with Crippen molar-refractivity contribution in [3.63, 3.8) is 0 Å². The molecule has 6 heteroatoms. The van der Waals surface area contributed by atoms with Gasteiger partial charge in [0.15, 0.2) is 17.8 Å². The van der Waals surface area contributed by atoms with E-state index in [1.807, 2.05) is 12.1 Å². The summed E-state index contributed by atoms with van der Waals surface area (Å²) in [4.78, 5) is 33.8. The van der Waals surface area contributed by atoms with Crippen molar-refractivity contribution in [2.24, 2.45) is 0 Å². The Bertz CT molecular complexity index is 1230. The molecule has 0 atom stereocenters. The third-order valence-corrected chi connectivity index (χ3v) is 4.45. The van der Waals surface area contributed by atoms with E-state index in [1.54, 1.807) is 48.5 Å². The molecule has 6 nitrogen and oxygen atoms in total. The van der Waals surface area contributed by atoms with E-state index in [1.165, 1.54) is 0 Å². The molecule has 0 heterocycles. The summed E-state index contributed by atoms with van der Waals surface area (Å²) in [5.41, 5.74) is 0.226. The van der Waals surface area contributed by atoms with Crippen molar-refractivity contribution in [2.45, 2.75) is 0 Å². The minimum Gasteiger partial charge on any atom is -0.504 e. The Balaban J connectivity index is 1.82. The van der Waals surface area contributed by atoms with Gasteiger partial charge < -0.3 is 10.2 Å². The zero-order valence-corrected chi connectivity index (χ0v) is 14.5. The van der Waals surface area contributed by atoms with Crippen LogP contribution in [0.4, 0.5) is 0 Å². The first kappa shape index (κ1) is 17.4. The number of hydrogen-bond acceptors (Lipinski definition) is 5. The predicted molar refractivity (Wildman–Crippen MR) is 103 cm³/mol. The summed E-state index contributed by atoms with van der Waals surface area (Å²) in [6.45, 7) is 0. The fourth-order valence-corrected chi connectivity index (χ4v) is 3.13. The van der Waals surface area contributed by atoms with Gasteiger partial charge in [-0.1, -0.05) is 54.6 Å². The van der Waals surface area contributed by atoms with Crippen LogP contribution in [0.15, 0.2) is 66.7 Å². The molecular formula is C22H14O6. The number of aromatic carboxylic acids is 1. The van der Waals surface area contributed by atoms with Crippen molar-refractivity contribution < 1.29 is 29.6 Å². The van der Waals surface area contributed by atoms with Gasteiger partial charge in [0.25, 0.3) is 0 Å². The second kappa shape index (κ2) is 6.92. The summed E-state index contributed by atoms with van der Waals surface area (Å²) in [7, 11) is 0. The molecule has 28 heavy (non-hydrogen) atoms. The number of rotatable bonds is 5. The zero-order chi connectivity index (χ0) is 19.7. The summed E-state index contributed by atoms with van der Waals surface area (Å²) in [5, 5.41) is 22.0. The van der Waals surface area contributed by atoms with Crippen LogP contribution in [0.1, 0.15) is 20.7 Å². The maximum Gasteiger partial charge on any atom is 0.336 e. The van der Waals surface area contributed by atoms with Crippen LogP contribution >= 0.6 is 0 Å². The number of carboxylic acid groups (broad SMARTS) is 1. The van der Waals surface area contributed by atoms with Crippen molar-refractivity contribution in [3.05, 3.63) is 77.9 Å². The maximum absolute atomic E-state index is 11.5. The number of phenolic OH excluding ortho intramolecular Hbond substituents is 1. The molecule has 138 valence electrons. The first-order valence-electron chi connectivity index (χ1n) is 8.39. The van der Waals surface area contributed by atoms with Crippen molar-refractivity contribution in [1.29, 1.82) is 0 Å². The van der Waals surface area contributed by atoms with Gasteiger partial charge in [0.05, 0.1) is 11.1 Å². The molecule has 0 fully saturated rings. The molecule has 0 saturated heterocycles. The van der Waals surface area contributed by atoms with Gasteiger partial charge in [-0.15, -0.1) is 0 Å². The molecule has 4 rings (SSSR count). The monoisotopic (exact) mass is 374 g/mol. The summed E-state index contributed by atoms with van der Waals surface area (Å²) in [6.07, 6.45) is 0.649. The van der Waals surface area contributed by atoms with E-state index >= 15 is 0 Å². The van der Waals surface area contributed by atoms with Crippen LogP contribution in [0.2, 0.25) is 0 Å². The van der Waals surface area contributed by atoms with Gasteiger partial charge in [-0.25, -0.2) is 4.79 Å². The Morgan fingerprint density at radius 3 is 2.18 bits per heavy atom. The Morgan fingerprint density at radius 1 is 0.821 bits per heavy atom. The lowest BCUT2D eigenvalue weighted by Crippen LogP contribution is -2.06. The molecule has 2 N–H and O–H groups in total. The van der Waals surface area contributed by atoms with Gasteiger partial charge in [0.2, 0.25) is 5.75 Å². The van der Waals surface area contributed by atoms with Crippen LogP contribution in [0.5, 0.6) is 17.2 Å². The number of hydrogen-bond donors (Lipinski definition) is 2. The van der Waals surface area contributed by atoms with Crippen molar-refractivity contribution in [1.82, 2.24) is 0 Å². The minimum atomic E-state index is -1.17. The normalized spacial score (nSPS) is 10.7. The second-order valence-electron chi connectivity index (χ2n) is 6.11. The van der Waals surface area contributed by atoms with Crippen LogP contribution < -0.4 is 9.78 Å². The lowest BCUT2D eigenvalue weighted by Gasteiger charge is -2.14. The van der Waals surface area contributed by atoms with E-state index in [4.69, 9.17) is 9.78 Å². The molecule has 0 aromatic heterocycles. The molecule has 0 radical (unpaired) electrons. The van der Waals surface area contributed by atoms with E-state index in [2.05, 4.69) is 0 Å². The smallest absolute Gasteiger partial charge is 0.336 e. The highest BCUT2D eigenvalue weighted by Crippen LogP contribution is 2.38. The number of fused-ring (bicyclic) bond motifs is 2. The third-order valence-electron chi connectivity index (χ3n) is 4.45. The predicted octanol–water partition coefficient (Wildman–Crippen LogP) is 4.58. The van der Waals surface area contributed by atoms with Gasteiger partial charge in [-0.05, 0) is 17.5 Å². The van der Waals surface area contributed by atoms with E-state index in [0.717, 1.165) is 11.5 Å². The Hall–Kier alpha value is -4.06. The van der Waals surface area contributed by atoms with Crippen LogP contribution in [-0.2, 0) is 0 Å². The first-order chi connectivity index (χ1) is 13.6. The molecular weight excluding hydrogens is 360 g/mol. The largest absolute Gasteiger partial charge is 0.504 e. The molecule has 0 aliphatic rings. The van der Waals surface area contributed by atoms with Crippen molar-refractivity contribution in [2.75, 3.05) is 0 Å². The average molecular weight is 374 g/mol. The number of aldehydes is 1. The Kier molecular flexibility index (Phi) is 4.29. The van der Waals surface area contributed by atoms with Gasteiger partial charge in [0, 0.05) is 16.2 Å². The Morgan fingerprint density at radius 2 is 1.46 bits per heavy atom. The summed E-state index contributed by atoms with van der Waals surface area (Å²) >= 11 is 0. The molecule has 0 bridgehead atoms. The quantitative estimate of drug-likeness (QED) is 0.302. The molecule has 0 amide bonds. The van der Waals surface area contributed by atoms with Gasteiger partial charge >= 0.3 is 5.97 Å². The molecule has 0 aliphatic heterocycles. The topological polar surface area (TPSA) is 93.1 Å². The highest BCUT2D eigenvalue weighted by Gasteiger charge is 2.19. The maximum atomic E-state index is 11.5. The minimum absolute atomic E-state index is 0.0367. The molecule has 0 aliphatic carbocycles. The molecule has 0 saturated carbocycles. The number of carbonyl (C=O) groups excluding carboxylic acids is 1. The summed E-state index contributed by atoms with van der Waals surface area (Å²) in [6, 6.07) is 18.4. The van der Waals surface area contributed by atoms with E-state index in [-0.39, 0.29) is 28.4 Å². The fourth-order valence-electron chi connectivity index (χ4n) is 3.13. The Labute approximate surface area is 159 Å². The highest BCUT2D eigenvalue weighted by atomic mass is 17.2. The summed E-state index contributed by atoms with van der Waals surface area (Å²) < 4.78 is 0. The van der Waals surface area contributed by atoms with Gasteiger partial charge in [-0.2, -0.15) is 0 Å². The van der Waals surface area contributed by atoms with Gasteiger partial charge in [0.1, 0.15) is 0 Å². The third kappa shape index (κ3) is 2.87. The van der Waals surface area contributed by atoms with Crippen LogP contribution in [0.25, 0.3) is 21.5 Å². The number of benzene rings is 4. The number of carbonyl (C=O) groups is 2. The summed E-state index contributed by atoms with van der Waals surface area (Å²) in [5.74, 6) is -1.38. The lowest BCUT2D eigenvalue weighted by atomic mass is 10.0. The first-order valence-corrected chi connectivity index (χ1v) is 8.39.